The number of nitrogens with one attached hydrogen (secondary N) is 1. The molecule has 1 amide bonds. The van der Waals surface area contributed by atoms with Crippen molar-refractivity contribution in [2.24, 2.45) is 4.99 Å². The van der Waals surface area contributed by atoms with E-state index in [1.54, 1.807) is 42.5 Å². The van der Waals surface area contributed by atoms with Crippen LogP contribution in [0, 0.1) is 0 Å². The third kappa shape index (κ3) is 2.38. The lowest BCUT2D eigenvalue weighted by Gasteiger charge is -2.05. The van der Waals surface area contributed by atoms with Gasteiger partial charge in [0, 0.05) is 10.6 Å². The van der Waals surface area contributed by atoms with Crippen molar-refractivity contribution in [3.05, 3.63) is 53.1 Å². The fourth-order valence-corrected chi connectivity index (χ4v) is 2.28. The molecule has 5 heteroatoms. The van der Waals surface area contributed by atoms with Gasteiger partial charge in [-0.25, -0.2) is 4.99 Å². The van der Waals surface area contributed by atoms with Crippen LogP contribution in [0.3, 0.4) is 0 Å². The molecule has 2 aromatic carbocycles. The molecule has 1 heterocycles. The van der Waals surface area contributed by atoms with Gasteiger partial charge in [0.15, 0.2) is 0 Å². The Bertz CT molecular complexity index is 726. The maximum Gasteiger partial charge on any atom is 0.230 e. The number of phenolic OH excluding ortho intramolecular Hbond substituents is 1. The Morgan fingerprint density at radius 1 is 1.20 bits per heavy atom. The van der Waals surface area contributed by atoms with Gasteiger partial charge in [-0.2, -0.15) is 0 Å². The molecule has 0 spiro atoms. The van der Waals surface area contributed by atoms with Crippen molar-refractivity contribution in [2.75, 3.05) is 5.32 Å². The van der Waals surface area contributed by atoms with Crippen LogP contribution in [0.25, 0.3) is 0 Å². The summed E-state index contributed by atoms with van der Waals surface area (Å²) in [7, 11) is 0. The van der Waals surface area contributed by atoms with Crippen molar-refractivity contribution >= 4 is 34.6 Å². The molecule has 20 heavy (non-hydrogen) atoms. The standard InChI is InChI=1S/C15H11ClN2O2/c16-9-5-6-11-13(7-9)18-15(20)8-12(17-11)10-3-1-2-4-14(10)19/h1-7,19H,8H2,(H,18,20). The quantitative estimate of drug-likeness (QED) is 0.843. The molecule has 2 N–H and O–H groups in total. The van der Waals surface area contributed by atoms with Gasteiger partial charge in [0.1, 0.15) is 5.75 Å². The van der Waals surface area contributed by atoms with Gasteiger partial charge in [-0.3, -0.25) is 4.79 Å². The molecule has 0 bridgehead atoms. The number of rotatable bonds is 1. The number of aliphatic imine (C=N–C) groups is 1. The number of carbonyl (C=O) groups is 1. The molecule has 100 valence electrons. The number of carbonyl (C=O) groups excluding carboxylic acids is 1. The summed E-state index contributed by atoms with van der Waals surface area (Å²) in [5, 5.41) is 13.2. The van der Waals surface area contributed by atoms with E-state index in [0.717, 1.165) is 0 Å². The van der Waals surface area contributed by atoms with Crippen molar-refractivity contribution in [3.63, 3.8) is 0 Å². The first-order valence-corrected chi connectivity index (χ1v) is 6.46. The lowest BCUT2D eigenvalue weighted by atomic mass is 10.1. The highest BCUT2D eigenvalue weighted by Crippen LogP contribution is 2.32. The number of amides is 1. The number of aromatic hydroxyl groups is 1. The average molecular weight is 287 g/mol. The van der Waals surface area contributed by atoms with E-state index in [0.29, 0.717) is 27.7 Å². The van der Waals surface area contributed by atoms with Gasteiger partial charge in [-0.1, -0.05) is 23.7 Å². The van der Waals surface area contributed by atoms with Gasteiger partial charge in [-0.15, -0.1) is 0 Å². The highest BCUT2D eigenvalue weighted by atomic mass is 35.5. The molecule has 0 radical (unpaired) electrons. The number of phenols is 1. The summed E-state index contributed by atoms with van der Waals surface area (Å²) in [6.07, 6.45) is 0.101. The molecule has 1 aliphatic heterocycles. The molecule has 0 aliphatic carbocycles. The molecule has 3 rings (SSSR count). The number of hydrogen-bond acceptors (Lipinski definition) is 3. The summed E-state index contributed by atoms with van der Waals surface area (Å²) < 4.78 is 0. The van der Waals surface area contributed by atoms with Crippen molar-refractivity contribution in [3.8, 4) is 5.75 Å². The Kier molecular flexibility index (Phi) is 3.16. The smallest absolute Gasteiger partial charge is 0.230 e. The second-order valence-electron chi connectivity index (χ2n) is 4.46. The third-order valence-corrected chi connectivity index (χ3v) is 3.27. The molecule has 0 saturated heterocycles. The Labute approximate surface area is 120 Å². The van der Waals surface area contributed by atoms with Crippen molar-refractivity contribution < 1.29 is 9.90 Å². The highest BCUT2D eigenvalue weighted by Gasteiger charge is 2.19. The highest BCUT2D eigenvalue weighted by molar-refractivity contribution is 6.31. The lowest BCUT2D eigenvalue weighted by molar-refractivity contribution is -0.115. The number of anilines is 1. The van der Waals surface area contributed by atoms with Crippen molar-refractivity contribution in [1.82, 2.24) is 0 Å². The maximum absolute atomic E-state index is 11.9. The van der Waals surface area contributed by atoms with Crippen LogP contribution in [-0.2, 0) is 4.79 Å². The van der Waals surface area contributed by atoms with Crippen LogP contribution in [0.15, 0.2) is 47.5 Å². The minimum Gasteiger partial charge on any atom is -0.507 e. The predicted octanol–water partition coefficient (Wildman–Crippen LogP) is 3.51. The van der Waals surface area contributed by atoms with Crippen LogP contribution < -0.4 is 5.32 Å². The first-order valence-electron chi connectivity index (χ1n) is 6.09. The van der Waals surface area contributed by atoms with E-state index in [1.165, 1.54) is 0 Å². The van der Waals surface area contributed by atoms with E-state index in [4.69, 9.17) is 11.6 Å². The fraction of sp³-hybridized carbons (Fsp3) is 0.0667. The maximum atomic E-state index is 11.9. The summed E-state index contributed by atoms with van der Waals surface area (Å²) >= 11 is 5.92. The number of fused-ring (bicyclic) bond motifs is 1. The molecule has 0 unspecified atom stereocenters. The minimum atomic E-state index is -0.187. The van der Waals surface area contributed by atoms with Crippen LogP contribution in [0.4, 0.5) is 11.4 Å². The van der Waals surface area contributed by atoms with Crippen LogP contribution in [0.2, 0.25) is 5.02 Å². The van der Waals surface area contributed by atoms with E-state index >= 15 is 0 Å². The van der Waals surface area contributed by atoms with Gasteiger partial charge in [0.05, 0.1) is 23.5 Å². The van der Waals surface area contributed by atoms with E-state index in [-0.39, 0.29) is 18.1 Å². The van der Waals surface area contributed by atoms with E-state index in [2.05, 4.69) is 10.3 Å². The Hall–Kier alpha value is -2.33. The number of halogens is 1. The molecule has 0 atom stereocenters. The van der Waals surface area contributed by atoms with E-state index in [9.17, 15) is 9.90 Å². The normalized spacial score (nSPS) is 14.1. The summed E-state index contributed by atoms with van der Waals surface area (Å²) in [6.45, 7) is 0. The van der Waals surface area contributed by atoms with Gasteiger partial charge < -0.3 is 10.4 Å². The first-order chi connectivity index (χ1) is 9.63. The second-order valence-corrected chi connectivity index (χ2v) is 4.90. The van der Waals surface area contributed by atoms with Crippen molar-refractivity contribution in [1.29, 1.82) is 0 Å². The SMILES string of the molecule is O=C1CC(c2ccccc2O)=Nc2ccc(Cl)cc2N1. The van der Waals surface area contributed by atoms with Crippen LogP contribution in [0.5, 0.6) is 5.75 Å². The predicted molar refractivity (Wildman–Crippen MR) is 79.0 cm³/mol. The molecule has 1 aliphatic rings. The Morgan fingerprint density at radius 3 is 2.80 bits per heavy atom. The zero-order valence-corrected chi connectivity index (χ0v) is 11.2. The van der Waals surface area contributed by atoms with Crippen LogP contribution >= 0.6 is 11.6 Å². The van der Waals surface area contributed by atoms with Crippen LogP contribution in [0.1, 0.15) is 12.0 Å². The number of benzene rings is 2. The number of nitrogens with zero attached hydrogens (tertiary/aromatic N) is 1. The van der Waals surface area contributed by atoms with Gasteiger partial charge in [-0.05, 0) is 30.3 Å². The molecular formula is C15H11ClN2O2. The van der Waals surface area contributed by atoms with Crippen molar-refractivity contribution in [2.45, 2.75) is 6.42 Å². The van der Waals surface area contributed by atoms with Gasteiger partial charge in [0.2, 0.25) is 5.91 Å². The topological polar surface area (TPSA) is 61.7 Å². The van der Waals surface area contributed by atoms with Gasteiger partial charge in [0.25, 0.3) is 0 Å². The van der Waals surface area contributed by atoms with Gasteiger partial charge >= 0.3 is 0 Å². The first kappa shape index (κ1) is 12.7. The zero-order valence-electron chi connectivity index (χ0n) is 10.4. The molecule has 0 fully saturated rings. The lowest BCUT2D eigenvalue weighted by Crippen LogP contribution is -2.15. The molecule has 4 nitrogen and oxygen atoms in total. The number of para-hydroxylation sites is 1. The molecular weight excluding hydrogens is 276 g/mol. The Morgan fingerprint density at radius 2 is 2.00 bits per heavy atom. The summed E-state index contributed by atoms with van der Waals surface area (Å²) in [5.74, 6) is -0.0792. The monoisotopic (exact) mass is 286 g/mol. The summed E-state index contributed by atoms with van der Waals surface area (Å²) in [5.41, 5.74) is 2.29. The summed E-state index contributed by atoms with van der Waals surface area (Å²) in [6, 6.07) is 11.9. The second kappa shape index (κ2) is 4.98. The number of hydrogen-bond donors (Lipinski definition) is 2. The fourth-order valence-electron chi connectivity index (χ4n) is 2.11. The van der Waals surface area contributed by atoms with Crippen LogP contribution in [-0.4, -0.2) is 16.7 Å². The largest absolute Gasteiger partial charge is 0.507 e. The Balaban J connectivity index is 2.14. The molecule has 0 aromatic heterocycles. The third-order valence-electron chi connectivity index (χ3n) is 3.03. The van der Waals surface area contributed by atoms with E-state index in [1.807, 2.05) is 0 Å². The van der Waals surface area contributed by atoms with E-state index < -0.39 is 0 Å². The molecule has 0 saturated carbocycles. The zero-order chi connectivity index (χ0) is 14.1. The average Bonchev–Trinajstić information content (AvgIpc) is 2.56. The molecule has 2 aromatic rings. The summed E-state index contributed by atoms with van der Waals surface area (Å²) in [4.78, 5) is 16.4. The minimum absolute atomic E-state index is 0.101.